The lowest BCUT2D eigenvalue weighted by molar-refractivity contribution is -0.147. The average molecular weight is 453 g/mol. The fraction of sp³-hybridized carbons (Fsp3) is 0.727. The molecule has 0 fully saturated rings. The van der Waals surface area contributed by atoms with E-state index in [1.54, 1.807) is 47.7 Å². The first-order chi connectivity index (χ1) is 14.5. The van der Waals surface area contributed by atoms with Gasteiger partial charge in [0.1, 0.15) is 11.2 Å². The van der Waals surface area contributed by atoms with Crippen LogP contribution in [0, 0.1) is 0 Å². The summed E-state index contributed by atoms with van der Waals surface area (Å²) in [6.07, 6.45) is -0.194. The van der Waals surface area contributed by atoms with Gasteiger partial charge in [0, 0.05) is 36.3 Å². The third-order valence-electron chi connectivity index (χ3n) is 4.80. The third kappa shape index (κ3) is 6.44. The smallest absolute Gasteiger partial charge is 0.420 e. The lowest BCUT2D eigenvalue weighted by Crippen LogP contribution is -2.57. The molecule has 0 saturated heterocycles. The average Bonchev–Trinajstić information content (AvgIpc) is 3.06. The van der Waals surface area contributed by atoms with Gasteiger partial charge in [-0.25, -0.2) is 14.4 Å². The van der Waals surface area contributed by atoms with Gasteiger partial charge in [-0.1, -0.05) is 13.8 Å². The van der Waals surface area contributed by atoms with Gasteiger partial charge in [0.05, 0.1) is 13.3 Å². The maximum absolute atomic E-state index is 13.0. The maximum atomic E-state index is 13.0. The first kappa shape index (κ1) is 25.6. The van der Waals surface area contributed by atoms with Crippen LogP contribution in [0.3, 0.4) is 0 Å². The predicted octanol–water partition coefficient (Wildman–Crippen LogP) is 3.22. The number of fused-ring (bicyclic) bond motifs is 1. The van der Waals surface area contributed by atoms with E-state index in [9.17, 15) is 14.4 Å². The quantitative estimate of drug-likeness (QED) is 0.547. The summed E-state index contributed by atoms with van der Waals surface area (Å²) in [7, 11) is 1.21. The lowest BCUT2D eigenvalue weighted by Gasteiger charge is -2.40. The molecule has 1 aromatic heterocycles. The molecule has 0 spiro atoms. The van der Waals surface area contributed by atoms with E-state index in [2.05, 4.69) is 24.0 Å². The Labute approximate surface area is 189 Å². The molecule has 1 atom stereocenters. The van der Waals surface area contributed by atoms with Crippen LogP contribution in [0.4, 0.5) is 9.59 Å². The molecule has 180 valence electrons. The number of hydrogen-bond acceptors (Lipinski definition) is 8. The van der Waals surface area contributed by atoms with Crippen molar-refractivity contribution in [3.8, 4) is 0 Å². The third-order valence-corrected chi connectivity index (χ3v) is 4.80. The fourth-order valence-electron chi connectivity index (χ4n) is 3.67. The summed E-state index contributed by atoms with van der Waals surface area (Å²) in [4.78, 5) is 41.6. The molecule has 32 heavy (non-hydrogen) atoms. The van der Waals surface area contributed by atoms with Gasteiger partial charge in [-0.2, -0.15) is 10.00 Å². The summed E-state index contributed by atoms with van der Waals surface area (Å²) >= 11 is 0. The van der Waals surface area contributed by atoms with E-state index >= 15 is 0 Å². The van der Waals surface area contributed by atoms with Crippen LogP contribution >= 0.6 is 0 Å². The topological polar surface area (TPSA) is 114 Å². The molecule has 1 unspecified atom stereocenters. The van der Waals surface area contributed by atoms with Gasteiger partial charge in [-0.3, -0.25) is 10.00 Å². The molecular weight excluding hydrogens is 416 g/mol. The molecule has 10 heteroatoms. The highest BCUT2D eigenvalue weighted by Gasteiger charge is 2.43. The van der Waals surface area contributed by atoms with Gasteiger partial charge in [-0.05, 0) is 41.5 Å². The van der Waals surface area contributed by atoms with E-state index in [-0.39, 0.29) is 12.0 Å². The molecule has 10 nitrogen and oxygen atoms in total. The Morgan fingerprint density at radius 1 is 1.12 bits per heavy atom. The number of aromatic amines is 1. The number of rotatable bonds is 4. The largest absolute Gasteiger partial charge is 0.467 e. The summed E-state index contributed by atoms with van der Waals surface area (Å²) in [6, 6.07) is -1.26. The molecule has 2 rings (SSSR count). The van der Waals surface area contributed by atoms with E-state index in [1.165, 1.54) is 7.11 Å². The SMILES string of the molecule is COC(=O)C(CN1Cc2cn[nH]c2C(C)(C)C1)N(C(=O)OC(C)(C)C)C(=O)OC(C)(C)C. The summed E-state index contributed by atoms with van der Waals surface area (Å²) < 4.78 is 15.8. The standard InChI is InChI=1S/C22H36N4O6/c1-20(2,3)31-18(28)26(19(29)32-21(4,5)6)15(17(27)30-9)12-25-11-14-10-23-24-16(14)22(7,8)13-25/h10,15H,11-13H2,1-9H3,(H,23,24). The number of aromatic nitrogens is 2. The van der Waals surface area contributed by atoms with Crippen LogP contribution in [0.5, 0.6) is 0 Å². The molecule has 2 heterocycles. The molecule has 0 aromatic carbocycles. The van der Waals surface area contributed by atoms with Crippen LogP contribution < -0.4 is 0 Å². The molecule has 0 saturated carbocycles. The fourth-order valence-corrected chi connectivity index (χ4v) is 3.67. The number of H-pyrrole nitrogens is 1. The Hall–Kier alpha value is -2.62. The molecule has 1 aliphatic heterocycles. The second-order valence-corrected chi connectivity index (χ2v) is 10.7. The number of carbonyl (C=O) groups is 3. The van der Waals surface area contributed by atoms with E-state index in [1.807, 2.05) is 4.90 Å². The van der Waals surface area contributed by atoms with Gasteiger partial charge < -0.3 is 14.2 Å². The number of nitrogens with one attached hydrogen (secondary N) is 1. The monoisotopic (exact) mass is 452 g/mol. The summed E-state index contributed by atoms with van der Waals surface area (Å²) in [5.74, 6) is -0.738. The number of nitrogens with zero attached hydrogens (tertiary/aromatic N) is 3. The minimum atomic E-state index is -1.26. The van der Waals surface area contributed by atoms with Crippen LogP contribution in [-0.4, -0.2) is 75.6 Å². The molecule has 0 aliphatic carbocycles. The lowest BCUT2D eigenvalue weighted by atomic mass is 9.83. The molecule has 0 radical (unpaired) electrons. The number of amides is 2. The van der Waals surface area contributed by atoms with Crippen molar-refractivity contribution >= 4 is 18.2 Å². The number of imide groups is 1. The highest BCUT2D eigenvalue weighted by molar-refractivity contribution is 5.94. The van der Waals surface area contributed by atoms with Crippen molar-refractivity contribution in [2.45, 2.75) is 84.6 Å². The van der Waals surface area contributed by atoms with E-state index in [4.69, 9.17) is 14.2 Å². The van der Waals surface area contributed by atoms with Crippen molar-refractivity contribution < 1.29 is 28.6 Å². The first-order valence-electron chi connectivity index (χ1n) is 10.6. The highest BCUT2D eigenvalue weighted by Crippen LogP contribution is 2.32. The zero-order valence-corrected chi connectivity index (χ0v) is 20.6. The minimum absolute atomic E-state index is 0.0548. The number of esters is 1. The number of ether oxygens (including phenoxy) is 3. The van der Waals surface area contributed by atoms with E-state index < -0.39 is 35.4 Å². The molecule has 2 amide bonds. The van der Waals surface area contributed by atoms with Crippen molar-refractivity contribution in [3.63, 3.8) is 0 Å². The Morgan fingerprint density at radius 3 is 2.12 bits per heavy atom. The van der Waals surface area contributed by atoms with Gasteiger partial charge in [0.25, 0.3) is 0 Å². The van der Waals surface area contributed by atoms with Crippen molar-refractivity contribution in [1.29, 1.82) is 0 Å². The zero-order chi connectivity index (χ0) is 24.5. The highest BCUT2D eigenvalue weighted by atomic mass is 16.6. The van der Waals surface area contributed by atoms with Gasteiger partial charge in [-0.15, -0.1) is 0 Å². The van der Waals surface area contributed by atoms with Crippen LogP contribution in [0.1, 0.15) is 66.6 Å². The summed E-state index contributed by atoms with van der Waals surface area (Å²) in [6.45, 7) is 15.3. The van der Waals surface area contributed by atoms with Crippen LogP contribution in [0.2, 0.25) is 0 Å². The number of hydrogen-bond donors (Lipinski definition) is 1. The second kappa shape index (κ2) is 9.09. The first-order valence-corrected chi connectivity index (χ1v) is 10.6. The molecule has 0 bridgehead atoms. The van der Waals surface area contributed by atoms with Gasteiger partial charge in [0.2, 0.25) is 0 Å². The van der Waals surface area contributed by atoms with E-state index in [0.717, 1.165) is 16.2 Å². The van der Waals surface area contributed by atoms with E-state index in [0.29, 0.717) is 13.1 Å². The predicted molar refractivity (Wildman–Crippen MR) is 117 cm³/mol. The van der Waals surface area contributed by atoms with Gasteiger partial charge >= 0.3 is 18.2 Å². The number of methoxy groups -OCH3 is 1. The Kier molecular flexibility index (Phi) is 7.28. The minimum Gasteiger partial charge on any atom is -0.467 e. The molecule has 1 aromatic rings. The molecular formula is C22H36N4O6. The maximum Gasteiger partial charge on any atom is 0.420 e. The number of carbonyl (C=O) groups excluding carboxylic acids is 3. The van der Waals surface area contributed by atoms with Gasteiger partial charge in [0.15, 0.2) is 6.04 Å². The summed E-state index contributed by atoms with van der Waals surface area (Å²) in [5.41, 5.74) is -0.00777. The Bertz CT molecular complexity index is 821. The molecule has 1 aliphatic rings. The van der Waals surface area contributed by atoms with Crippen LogP contribution in [0.25, 0.3) is 0 Å². The van der Waals surface area contributed by atoms with Crippen molar-refractivity contribution in [1.82, 2.24) is 20.0 Å². The summed E-state index contributed by atoms with van der Waals surface area (Å²) in [5, 5.41) is 7.17. The normalized spacial score (nSPS) is 17.2. The Morgan fingerprint density at radius 2 is 1.66 bits per heavy atom. The van der Waals surface area contributed by atoms with Crippen molar-refractivity contribution in [3.05, 3.63) is 17.5 Å². The molecule has 1 N–H and O–H groups in total. The van der Waals surface area contributed by atoms with Crippen LogP contribution in [0.15, 0.2) is 6.20 Å². The van der Waals surface area contributed by atoms with Crippen molar-refractivity contribution in [2.75, 3.05) is 20.2 Å². The van der Waals surface area contributed by atoms with Crippen LogP contribution in [-0.2, 0) is 31.0 Å². The zero-order valence-electron chi connectivity index (χ0n) is 20.6. The second-order valence-electron chi connectivity index (χ2n) is 10.7. The van der Waals surface area contributed by atoms with Crippen molar-refractivity contribution in [2.24, 2.45) is 0 Å². The Balaban J connectivity index is 2.39.